The number of nitro groups is 1. The summed E-state index contributed by atoms with van der Waals surface area (Å²) in [5.41, 5.74) is -1.04. The van der Waals surface area contributed by atoms with E-state index in [9.17, 15) is 29.2 Å². The molecule has 1 fully saturated rings. The number of rotatable bonds is 5. The smallest absolute Gasteiger partial charge is 0.326 e. The first kappa shape index (κ1) is 15.9. The molecule has 8 heteroatoms. The second-order valence-electron chi connectivity index (χ2n) is 5.25. The molecule has 1 aliphatic carbocycles. The molecule has 0 saturated heterocycles. The molecule has 0 aromatic heterocycles. The van der Waals surface area contributed by atoms with Crippen LogP contribution in [-0.2, 0) is 4.79 Å². The monoisotopic (exact) mass is 310 g/mol. The van der Waals surface area contributed by atoms with Crippen LogP contribution in [0.25, 0.3) is 0 Å². The van der Waals surface area contributed by atoms with E-state index in [2.05, 4.69) is 5.32 Å². The Morgan fingerprint density at radius 1 is 1.36 bits per heavy atom. The third-order valence-electron chi connectivity index (χ3n) is 3.82. The van der Waals surface area contributed by atoms with Crippen molar-refractivity contribution in [3.05, 3.63) is 39.7 Å². The number of aliphatic carboxylic acids is 1. The zero-order valence-electron chi connectivity index (χ0n) is 11.6. The summed E-state index contributed by atoms with van der Waals surface area (Å²) in [5.74, 6) is -3.09. The average molecular weight is 310 g/mol. The van der Waals surface area contributed by atoms with Gasteiger partial charge in [0.2, 0.25) is 0 Å². The van der Waals surface area contributed by atoms with Gasteiger partial charge in [0.1, 0.15) is 17.4 Å². The second-order valence-corrected chi connectivity index (χ2v) is 5.25. The van der Waals surface area contributed by atoms with E-state index in [-0.39, 0.29) is 11.5 Å². The summed E-state index contributed by atoms with van der Waals surface area (Å²) in [7, 11) is 0. The molecular formula is C14H15FN2O5. The lowest BCUT2D eigenvalue weighted by atomic mass is 9.97. The fourth-order valence-electron chi connectivity index (χ4n) is 2.74. The number of halogens is 1. The van der Waals surface area contributed by atoms with Crippen LogP contribution in [0.3, 0.4) is 0 Å². The van der Waals surface area contributed by atoms with Gasteiger partial charge in [-0.15, -0.1) is 0 Å². The van der Waals surface area contributed by atoms with Crippen molar-refractivity contribution < 1.29 is 24.0 Å². The molecule has 1 aliphatic rings. The van der Waals surface area contributed by atoms with Crippen LogP contribution in [0.5, 0.6) is 0 Å². The molecule has 7 nitrogen and oxygen atoms in total. The number of carboxylic acids is 1. The van der Waals surface area contributed by atoms with Crippen LogP contribution in [-0.4, -0.2) is 27.9 Å². The van der Waals surface area contributed by atoms with Gasteiger partial charge >= 0.3 is 5.97 Å². The molecule has 22 heavy (non-hydrogen) atoms. The van der Waals surface area contributed by atoms with E-state index in [1.165, 1.54) is 0 Å². The average Bonchev–Trinajstić information content (AvgIpc) is 2.97. The number of hydrogen-bond donors (Lipinski definition) is 2. The molecule has 1 atom stereocenters. The number of nitro benzene ring substituents is 1. The lowest BCUT2D eigenvalue weighted by Crippen LogP contribution is -2.45. The fraction of sp³-hybridized carbons (Fsp3) is 0.429. The Morgan fingerprint density at radius 3 is 2.55 bits per heavy atom. The van der Waals surface area contributed by atoms with Gasteiger partial charge in [-0.1, -0.05) is 12.8 Å². The van der Waals surface area contributed by atoms with Gasteiger partial charge in [0.15, 0.2) is 0 Å². The highest BCUT2D eigenvalue weighted by atomic mass is 19.1. The summed E-state index contributed by atoms with van der Waals surface area (Å²) < 4.78 is 13.1. The molecule has 0 bridgehead atoms. The number of carbonyl (C=O) groups is 2. The SMILES string of the molecule is O=C(N[C@H](C(=O)O)C1CCCC1)c1ccc(F)cc1[N+](=O)[O-]. The molecule has 2 rings (SSSR count). The van der Waals surface area contributed by atoms with Crippen molar-refractivity contribution in [2.45, 2.75) is 31.7 Å². The summed E-state index contributed by atoms with van der Waals surface area (Å²) in [4.78, 5) is 33.5. The van der Waals surface area contributed by atoms with Gasteiger partial charge in [-0.05, 0) is 30.9 Å². The molecular weight excluding hydrogens is 295 g/mol. The summed E-state index contributed by atoms with van der Waals surface area (Å²) >= 11 is 0. The van der Waals surface area contributed by atoms with Gasteiger partial charge in [0, 0.05) is 0 Å². The Morgan fingerprint density at radius 2 is 2.00 bits per heavy atom. The molecule has 1 saturated carbocycles. The van der Waals surface area contributed by atoms with Crippen LogP contribution < -0.4 is 5.32 Å². The van der Waals surface area contributed by atoms with Crippen molar-refractivity contribution in [2.24, 2.45) is 5.92 Å². The molecule has 0 aliphatic heterocycles. The third-order valence-corrected chi connectivity index (χ3v) is 3.82. The van der Waals surface area contributed by atoms with E-state index in [4.69, 9.17) is 0 Å². The molecule has 0 spiro atoms. The molecule has 1 aromatic carbocycles. The molecule has 0 unspecified atom stereocenters. The number of nitrogens with one attached hydrogen (secondary N) is 1. The Kier molecular flexibility index (Phi) is 4.69. The second kappa shape index (κ2) is 6.50. The van der Waals surface area contributed by atoms with E-state index in [1.54, 1.807) is 0 Å². The highest BCUT2D eigenvalue weighted by molar-refractivity contribution is 6.00. The van der Waals surface area contributed by atoms with Crippen LogP contribution in [0.1, 0.15) is 36.0 Å². The molecule has 0 radical (unpaired) electrons. The van der Waals surface area contributed by atoms with Crippen LogP contribution in [0, 0.1) is 21.8 Å². The molecule has 1 amide bonds. The van der Waals surface area contributed by atoms with Gasteiger partial charge in [0.25, 0.3) is 11.6 Å². The van der Waals surface area contributed by atoms with Crippen LogP contribution in [0.2, 0.25) is 0 Å². The third kappa shape index (κ3) is 3.38. The molecule has 1 aromatic rings. The van der Waals surface area contributed by atoms with E-state index >= 15 is 0 Å². The standard InChI is InChI=1S/C14H15FN2O5/c15-9-5-6-10(11(7-9)17(21)22)13(18)16-12(14(19)20)8-3-1-2-4-8/h5-8,12H,1-4H2,(H,16,18)(H,19,20)/t12-/m0/s1. The van der Waals surface area contributed by atoms with Gasteiger partial charge in [-0.2, -0.15) is 0 Å². The van der Waals surface area contributed by atoms with Gasteiger partial charge < -0.3 is 10.4 Å². The number of benzene rings is 1. The van der Waals surface area contributed by atoms with Crippen LogP contribution >= 0.6 is 0 Å². The number of hydrogen-bond acceptors (Lipinski definition) is 4. The minimum atomic E-state index is -1.18. The van der Waals surface area contributed by atoms with E-state index < -0.39 is 34.3 Å². The van der Waals surface area contributed by atoms with Crippen molar-refractivity contribution in [3.8, 4) is 0 Å². The van der Waals surface area contributed by atoms with Crippen molar-refractivity contribution in [2.75, 3.05) is 0 Å². The maximum absolute atomic E-state index is 13.1. The molecule has 0 heterocycles. The fourth-order valence-corrected chi connectivity index (χ4v) is 2.74. The zero-order valence-corrected chi connectivity index (χ0v) is 11.6. The van der Waals surface area contributed by atoms with E-state index in [0.717, 1.165) is 25.0 Å². The van der Waals surface area contributed by atoms with Crippen molar-refractivity contribution in [1.29, 1.82) is 0 Å². The first-order valence-electron chi connectivity index (χ1n) is 6.87. The number of carbonyl (C=O) groups excluding carboxylic acids is 1. The lowest BCUT2D eigenvalue weighted by molar-refractivity contribution is -0.385. The maximum Gasteiger partial charge on any atom is 0.326 e. The Balaban J connectivity index is 2.23. The first-order chi connectivity index (χ1) is 10.4. The normalized spacial score (nSPS) is 16.2. The summed E-state index contributed by atoms with van der Waals surface area (Å²) in [6.45, 7) is 0. The van der Waals surface area contributed by atoms with Gasteiger partial charge in [0.05, 0.1) is 11.0 Å². The number of carboxylic acid groups (broad SMARTS) is 1. The topological polar surface area (TPSA) is 110 Å². The van der Waals surface area contributed by atoms with E-state index in [0.29, 0.717) is 18.9 Å². The number of nitrogens with zero attached hydrogens (tertiary/aromatic N) is 1. The van der Waals surface area contributed by atoms with Crippen molar-refractivity contribution in [3.63, 3.8) is 0 Å². The maximum atomic E-state index is 13.1. The predicted molar refractivity (Wildman–Crippen MR) is 73.9 cm³/mol. The summed E-state index contributed by atoms with van der Waals surface area (Å²) in [6.07, 6.45) is 3.15. The summed E-state index contributed by atoms with van der Waals surface area (Å²) in [6, 6.07) is 1.45. The van der Waals surface area contributed by atoms with Crippen molar-refractivity contribution >= 4 is 17.6 Å². The Bertz CT molecular complexity index is 613. The van der Waals surface area contributed by atoms with Gasteiger partial charge in [-0.3, -0.25) is 14.9 Å². The zero-order chi connectivity index (χ0) is 16.3. The highest BCUT2D eigenvalue weighted by Crippen LogP contribution is 2.28. The molecule has 118 valence electrons. The van der Waals surface area contributed by atoms with Crippen LogP contribution in [0.4, 0.5) is 10.1 Å². The highest BCUT2D eigenvalue weighted by Gasteiger charge is 2.33. The van der Waals surface area contributed by atoms with Gasteiger partial charge in [-0.25, -0.2) is 9.18 Å². The quantitative estimate of drug-likeness (QED) is 0.639. The summed E-state index contributed by atoms with van der Waals surface area (Å²) in [5, 5.41) is 22.5. The molecule has 2 N–H and O–H groups in total. The predicted octanol–water partition coefficient (Wildman–Crippen LogP) is 2.11. The van der Waals surface area contributed by atoms with Crippen LogP contribution in [0.15, 0.2) is 18.2 Å². The Hall–Kier alpha value is -2.51. The minimum Gasteiger partial charge on any atom is -0.480 e. The first-order valence-corrected chi connectivity index (χ1v) is 6.87. The minimum absolute atomic E-state index is 0.194. The Labute approximate surface area is 125 Å². The lowest BCUT2D eigenvalue weighted by Gasteiger charge is -2.20. The number of amides is 1. The van der Waals surface area contributed by atoms with E-state index in [1.807, 2.05) is 0 Å². The largest absolute Gasteiger partial charge is 0.480 e. The van der Waals surface area contributed by atoms with Crippen molar-refractivity contribution in [1.82, 2.24) is 5.32 Å².